The van der Waals surface area contributed by atoms with Gasteiger partial charge >= 0.3 is 5.97 Å². The Labute approximate surface area is 93.3 Å². The Morgan fingerprint density at radius 1 is 1.53 bits per heavy atom. The Kier molecular flexibility index (Phi) is 3.21. The summed E-state index contributed by atoms with van der Waals surface area (Å²) in [7, 11) is 0. The minimum absolute atomic E-state index is 0.127. The van der Waals surface area contributed by atoms with Crippen LogP contribution in [-0.2, 0) is 4.79 Å². The largest absolute Gasteiger partial charge is 0.478 e. The molecule has 6 heteroatoms. The number of halogens is 1. The van der Waals surface area contributed by atoms with Crippen molar-refractivity contribution < 1.29 is 14.8 Å². The summed E-state index contributed by atoms with van der Waals surface area (Å²) in [6.45, 7) is 3.33. The second kappa shape index (κ2) is 4.22. The fourth-order valence-electron chi connectivity index (χ4n) is 1.01. The molecule has 1 N–H and O–H groups in total. The van der Waals surface area contributed by atoms with Crippen LogP contribution in [0.1, 0.15) is 5.56 Å². The van der Waals surface area contributed by atoms with Crippen LogP contribution in [0.5, 0.6) is 0 Å². The first kappa shape index (κ1) is 11.4. The molecule has 0 amide bonds. The Morgan fingerprint density at radius 3 is 2.60 bits per heavy atom. The predicted octanol–water partition coefficient (Wildman–Crippen LogP) is 2.46. The maximum Gasteiger partial charge on any atom is 0.335 e. The van der Waals surface area contributed by atoms with E-state index in [-0.39, 0.29) is 21.3 Å². The Morgan fingerprint density at radius 2 is 2.13 bits per heavy atom. The molecule has 0 aliphatic carbocycles. The van der Waals surface area contributed by atoms with Gasteiger partial charge in [0, 0.05) is 11.6 Å². The number of nitrogens with zero attached hydrogens (tertiary/aromatic N) is 1. The average Bonchev–Trinajstić information content (AvgIpc) is 2.16. The lowest BCUT2D eigenvalue weighted by Gasteiger charge is -2.03. The van der Waals surface area contributed by atoms with E-state index in [1.54, 1.807) is 0 Å². The van der Waals surface area contributed by atoms with Gasteiger partial charge in [-0.05, 0) is 15.9 Å². The van der Waals surface area contributed by atoms with Gasteiger partial charge in [-0.1, -0.05) is 18.7 Å². The highest BCUT2D eigenvalue weighted by Crippen LogP contribution is 2.31. The van der Waals surface area contributed by atoms with Crippen LogP contribution in [0.2, 0.25) is 0 Å². The van der Waals surface area contributed by atoms with Crippen molar-refractivity contribution >= 4 is 33.2 Å². The Bertz CT molecular complexity index is 455. The van der Waals surface area contributed by atoms with Gasteiger partial charge in [-0.3, -0.25) is 10.1 Å². The summed E-state index contributed by atoms with van der Waals surface area (Å²) in [5.41, 5.74) is -0.169. The number of rotatable bonds is 3. The highest BCUT2D eigenvalue weighted by atomic mass is 79.9. The summed E-state index contributed by atoms with van der Waals surface area (Å²) in [4.78, 5) is 20.6. The van der Waals surface area contributed by atoms with Crippen LogP contribution in [0.3, 0.4) is 0 Å². The Balaban J connectivity index is 3.33. The number of nitro groups is 1. The van der Waals surface area contributed by atoms with Crippen LogP contribution < -0.4 is 0 Å². The molecular formula is C9H6BrNO4. The molecule has 1 rings (SSSR count). The number of hydrogen-bond donors (Lipinski definition) is 1. The molecule has 0 spiro atoms. The first-order valence-corrected chi connectivity index (χ1v) is 4.60. The molecule has 0 bridgehead atoms. The van der Waals surface area contributed by atoms with Crippen molar-refractivity contribution in [3.63, 3.8) is 0 Å². The third-order valence-corrected chi connectivity index (χ3v) is 2.59. The zero-order valence-electron chi connectivity index (χ0n) is 7.44. The van der Waals surface area contributed by atoms with E-state index in [1.807, 2.05) is 0 Å². The molecule has 0 saturated carbocycles. The van der Waals surface area contributed by atoms with Crippen molar-refractivity contribution in [1.82, 2.24) is 0 Å². The smallest absolute Gasteiger partial charge is 0.335 e. The summed E-state index contributed by atoms with van der Waals surface area (Å²) in [5, 5.41) is 19.3. The van der Waals surface area contributed by atoms with Crippen molar-refractivity contribution in [1.29, 1.82) is 0 Å². The molecule has 0 fully saturated rings. The van der Waals surface area contributed by atoms with Gasteiger partial charge in [0.05, 0.1) is 10.5 Å². The number of carboxylic acids is 1. The standard InChI is InChI=1S/C9H6BrNO4/c1-5(9(12)13)6-3-2-4-7(8(6)10)11(14)15/h2-4H,1H2,(H,12,13). The second-order valence-corrected chi connectivity index (χ2v) is 3.47. The van der Waals surface area contributed by atoms with E-state index in [1.165, 1.54) is 18.2 Å². The molecule has 78 valence electrons. The number of carbonyl (C=O) groups is 1. The van der Waals surface area contributed by atoms with Crippen LogP contribution in [0.25, 0.3) is 5.57 Å². The van der Waals surface area contributed by atoms with Crippen LogP contribution >= 0.6 is 15.9 Å². The van der Waals surface area contributed by atoms with Gasteiger partial charge in [-0.15, -0.1) is 0 Å². The van der Waals surface area contributed by atoms with Crippen LogP contribution in [0, 0.1) is 10.1 Å². The van der Waals surface area contributed by atoms with E-state index < -0.39 is 10.9 Å². The second-order valence-electron chi connectivity index (χ2n) is 2.68. The van der Waals surface area contributed by atoms with E-state index in [4.69, 9.17) is 5.11 Å². The molecule has 0 heterocycles. The highest BCUT2D eigenvalue weighted by Gasteiger charge is 2.18. The number of carboxylic acid groups (broad SMARTS) is 1. The molecule has 0 aliphatic rings. The number of benzene rings is 1. The van der Waals surface area contributed by atoms with Crippen molar-refractivity contribution in [3.05, 3.63) is 44.9 Å². The molecule has 0 radical (unpaired) electrons. The molecule has 5 nitrogen and oxygen atoms in total. The van der Waals surface area contributed by atoms with Crippen molar-refractivity contribution in [2.75, 3.05) is 0 Å². The van der Waals surface area contributed by atoms with Crippen LogP contribution in [0.15, 0.2) is 29.3 Å². The number of nitro benzene ring substituents is 1. The van der Waals surface area contributed by atoms with E-state index in [0.29, 0.717) is 0 Å². The number of hydrogen-bond acceptors (Lipinski definition) is 3. The minimum atomic E-state index is -1.21. The summed E-state index contributed by atoms with van der Waals surface area (Å²) >= 11 is 2.98. The lowest BCUT2D eigenvalue weighted by molar-refractivity contribution is -0.385. The maximum absolute atomic E-state index is 10.6. The monoisotopic (exact) mass is 271 g/mol. The normalized spacial score (nSPS) is 9.67. The lowest BCUT2D eigenvalue weighted by Crippen LogP contribution is -2.00. The quantitative estimate of drug-likeness (QED) is 0.520. The van der Waals surface area contributed by atoms with E-state index >= 15 is 0 Å². The molecule has 0 atom stereocenters. The molecule has 0 aromatic heterocycles. The van der Waals surface area contributed by atoms with Gasteiger partial charge in [-0.2, -0.15) is 0 Å². The van der Waals surface area contributed by atoms with Gasteiger partial charge in [0.25, 0.3) is 5.69 Å². The average molecular weight is 272 g/mol. The Hall–Kier alpha value is -1.69. The first-order chi connectivity index (χ1) is 6.95. The van der Waals surface area contributed by atoms with Gasteiger partial charge in [-0.25, -0.2) is 4.79 Å². The molecular weight excluding hydrogens is 266 g/mol. The van der Waals surface area contributed by atoms with Crippen molar-refractivity contribution in [2.45, 2.75) is 0 Å². The minimum Gasteiger partial charge on any atom is -0.478 e. The number of aliphatic carboxylic acids is 1. The highest BCUT2D eigenvalue weighted by molar-refractivity contribution is 9.10. The van der Waals surface area contributed by atoms with Crippen LogP contribution in [0.4, 0.5) is 5.69 Å². The van der Waals surface area contributed by atoms with Gasteiger partial charge in [0.15, 0.2) is 0 Å². The van der Waals surface area contributed by atoms with E-state index in [2.05, 4.69) is 22.5 Å². The third kappa shape index (κ3) is 2.21. The summed E-state index contributed by atoms with van der Waals surface area (Å²) in [6, 6.07) is 4.14. The van der Waals surface area contributed by atoms with Crippen LogP contribution in [-0.4, -0.2) is 16.0 Å². The maximum atomic E-state index is 10.6. The van der Waals surface area contributed by atoms with Gasteiger partial charge in [0.2, 0.25) is 0 Å². The zero-order valence-corrected chi connectivity index (χ0v) is 9.02. The molecule has 1 aromatic carbocycles. The van der Waals surface area contributed by atoms with Crippen molar-refractivity contribution in [2.24, 2.45) is 0 Å². The van der Waals surface area contributed by atoms with Gasteiger partial charge in [0.1, 0.15) is 4.47 Å². The zero-order chi connectivity index (χ0) is 11.6. The molecule has 0 unspecified atom stereocenters. The summed E-state index contributed by atoms with van der Waals surface area (Å²) < 4.78 is 0.127. The lowest BCUT2D eigenvalue weighted by atomic mass is 10.1. The third-order valence-electron chi connectivity index (χ3n) is 1.76. The van der Waals surface area contributed by atoms with Crippen molar-refractivity contribution in [3.8, 4) is 0 Å². The predicted molar refractivity (Wildman–Crippen MR) is 57.5 cm³/mol. The summed E-state index contributed by atoms with van der Waals surface area (Å²) in [6.07, 6.45) is 0. The molecule has 15 heavy (non-hydrogen) atoms. The van der Waals surface area contributed by atoms with E-state index in [0.717, 1.165) is 0 Å². The van der Waals surface area contributed by atoms with E-state index in [9.17, 15) is 14.9 Å². The SMILES string of the molecule is C=C(C(=O)O)c1cccc([N+](=O)[O-])c1Br. The summed E-state index contributed by atoms with van der Waals surface area (Å²) in [5.74, 6) is -1.21. The fourth-order valence-corrected chi connectivity index (χ4v) is 1.66. The molecule has 0 saturated heterocycles. The molecule has 1 aromatic rings. The molecule has 0 aliphatic heterocycles. The van der Waals surface area contributed by atoms with Gasteiger partial charge < -0.3 is 5.11 Å². The topological polar surface area (TPSA) is 80.4 Å². The fraction of sp³-hybridized carbons (Fsp3) is 0. The first-order valence-electron chi connectivity index (χ1n) is 3.80.